The average molecular weight is 617 g/mol. The van der Waals surface area contributed by atoms with Crippen LogP contribution in [0.4, 0.5) is 28.1 Å². The smallest absolute Gasteiger partial charge is 0.323 e. The van der Waals surface area contributed by atoms with Crippen LogP contribution in [0.3, 0.4) is 0 Å². The molecular formula is C31H40N10O4. The summed E-state index contributed by atoms with van der Waals surface area (Å²) in [4.78, 5) is 46.2. The van der Waals surface area contributed by atoms with E-state index in [4.69, 9.17) is 24.4 Å². The number of nitrogens with zero attached hydrogens (tertiary/aromatic N) is 8. The summed E-state index contributed by atoms with van der Waals surface area (Å²) in [5.41, 5.74) is 2.63. The summed E-state index contributed by atoms with van der Waals surface area (Å²) in [5, 5.41) is 9.97. The number of urea groups is 1. The quantitative estimate of drug-likeness (QED) is 0.405. The molecule has 14 heteroatoms. The highest BCUT2D eigenvalue weighted by molar-refractivity contribution is 6.00. The van der Waals surface area contributed by atoms with Crippen LogP contribution in [-0.2, 0) is 9.47 Å². The van der Waals surface area contributed by atoms with E-state index in [1.54, 1.807) is 24.3 Å². The second kappa shape index (κ2) is 14.2. The number of aromatic nitrogens is 3. The van der Waals surface area contributed by atoms with E-state index in [2.05, 4.69) is 30.5 Å². The number of carbonyl (C=O) groups is 2. The number of hydrogen-bond acceptors (Lipinski definition) is 11. The van der Waals surface area contributed by atoms with Gasteiger partial charge in [-0.1, -0.05) is 0 Å². The van der Waals surface area contributed by atoms with Gasteiger partial charge in [0, 0.05) is 89.0 Å². The molecule has 3 aliphatic rings. The van der Waals surface area contributed by atoms with Crippen molar-refractivity contribution >= 4 is 35.2 Å². The first-order valence-corrected chi connectivity index (χ1v) is 15.3. The van der Waals surface area contributed by atoms with Crippen molar-refractivity contribution < 1.29 is 19.1 Å². The van der Waals surface area contributed by atoms with Gasteiger partial charge in [0.1, 0.15) is 0 Å². The molecule has 0 unspecified atom stereocenters. The van der Waals surface area contributed by atoms with E-state index in [0.717, 1.165) is 44.8 Å². The molecule has 2 N–H and O–H groups in total. The number of benzene rings is 2. The topological polar surface area (TPSA) is 132 Å². The Hall–Kier alpha value is -4.37. The van der Waals surface area contributed by atoms with Crippen LogP contribution < -0.4 is 20.4 Å². The van der Waals surface area contributed by atoms with Gasteiger partial charge in [0.25, 0.3) is 5.91 Å². The molecule has 3 saturated heterocycles. The van der Waals surface area contributed by atoms with Gasteiger partial charge < -0.3 is 34.8 Å². The number of hydrazine groups is 1. The second-order valence-electron chi connectivity index (χ2n) is 11.3. The van der Waals surface area contributed by atoms with Gasteiger partial charge in [-0.15, -0.1) is 0 Å². The predicted octanol–water partition coefficient (Wildman–Crippen LogP) is 2.09. The summed E-state index contributed by atoms with van der Waals surface area (Å²) < 4.78 is 11.0. The van der Waals surface area contributed by atoms with Gasteiger partial charge >= 0.3 is 6.03 Å². The first kappa shape index (κ1) is 30.6. The molecule has 1 aromatic heterocycles. The Morgan fingerprint density at radius 3 is 1.64 bits per heavy atom. The largest absolute Gasteiger partial charge is 0.378 e. The molecule has 6 rings (SSSR count). The van der Waals surface area contributed by atoms with Crippen LogP contribution in [0.15, 0.2) is 48.5 Å². The fraction of sp³-hybridized carbons (Fsp3) is 0.452. The number of morpholine rings is 2. The van der Waals surface area contributed by atoms with Crippen molar-refractivity contribution in [2.75, 3.05) is 113 Å². The zero-order chi connectivity index (χ0) is 31.2. The molecule has 14 nitrogen and oxygen atoms in total. The number of carbonyl (C=O) groups excluding carboxylic acids is 2. The number of anilines is 4. The summed E-state index contributed by atoms with van der Waals surface area (Å²) >= 11 is 0. The van der Waals surface area contributed by atoms with Crippen molar-refractivity contribution in [1.82, 2.24) is 29.9 Å². The number of amides is 3. The minimum Gasteiger partial charge on any atom is -0.378 e. The van der Waals surface area contributed by atoms with Crippen molar-refractivity contribution in [3.05, 3.63) is 54.1 Å². The van der Waals surface area contributed by atoms with Gasteiger partial charge in [0.2, 0.25) is 11.9 Å². The Morgan fingerprint density at radius 2 is 1.16 bits per heavy atom. The number of piperazine rings is 1. The van der Waals surface area contributed by atoms with E-state index < -0.39 is 0 Å². The molecule has 45 heavy (non-hydrogen) atoms. The number of nitrogens with one attached hydrogen (secondary N) is 2. The van der Waals surface area contributed by atoms with Crippen LogP contribution in [-0.4, -0.2) is 135 Å². The Labute approximate surface area is 262 Å². The SMILES string of the molecule is CN(C)N1CCN(C(=O)c2ccc(NC(=O)Nc3ccc(-c4nc(N5CCOCC5)nc(N5CCOCC5)n4)cc3)cc2)CC1. The third kappa shape index (κ3) is 7.65. The Morgan fingerprint density at radius 1 is 0.667 bits per heavy atom. The minimum absolute atomic E-state index is 0.00296. The maximum atomic E-state index is 12.9. The third-order valence-corrected chi connectivity index (χ3v) is 8.10. The number of ether oxygens (including phenoxy) is 2. The van der Waals surface area contributed by atoms with Crippen LogP contribution in [0.1, 0.15) is 10.4 Å². The molecule has 3 amide bonds. The standard InChI is InChI=1S/C31H40N10O4/c1-37(2)41-13-11-38(12-14-41)28(42)24-5-9-26(10-6-24)33-31(43)32-25-7-3-23(4-8-25)27-34-29(39-15-19-44-20-16-39)36-30(35-27)40-17-21-45-22-18-40/h3-10H,11-22H2,1-2H3,(H2,32,33,43). The Balaban J connectivity index is 1.07. The Kier molecular flexibility index (Phi) is 9.64. The van der Waals surface area contributed by atoms with Crippen LogP contribution in [0.5, 0.6) is 0 Å². The van der Waals surface area contributed by atoms with E-state index in [9.17, 15) is 9.59 Å². The fourth-order valence-corrected chi connectivity index (χ4v) is 5.47. The molecular weight excluding hydrogens is 576 g/mol. The van der Waals surface area contributed by atoms with E-state index in [-0.39, 0.29) is 11.9 Å². The number of rotatable bonds is 7. The lowest BCUT2D eigenvalue weighted by Crippen LogP contribution is -2.52. The van der Waals surface area contributed by atoms with Gasteiger partial charge in [-0.25, -0.2) is 14.8 Å². The maximum Gasteiger partial charge on any atom is 0.323 e. The van der Waals surface area contributed by atoms with Crippen LogP contribution >= 0.6 is 0 Å². The van der Waals surface area contributed by atoms with Gasteiger partial charge in [-0.05, 0) is 48.5 Å². The van der Waals surface area contributed by atoms with Gasteiger partial charge in [-0.2, -0.15) is 15.0 Å². The third-order valence-electron chi connectivity index (χ3n) is 8.10. The molecule has 0 aliphatic carbocycles. The van der Waals surface area contributed by atoms with E-state index in [1.807, 2.05) is 43.3 Å². The summed E-state index contributed by atoms with van der Waals surface area (Å²) in [5.74, 6) is 1.83. The summed E-state index contributed by atoms with van der Waals surface area (Å²) in [6.07, 6.45) is 0. The van der Waals surface area contributed by atoms with Crippen molar-refractivity contribution in [1.29, 1.82) is 0 Å². The summed E-state index contributed by atoms with van der Waals surface area (Å²) in [6.45, 7) is 8.37. The monoisotopic (exact) mass is 616 g/mol. The summed E-state index contributed by atoms with van der Waals surface area (Å²) in [7, 11) is 4.02. The normalized spacial score (nSPS) is 17.8. The van der Waals surface area contributed by atoms with Crippen molar-refractivity contribution in [3.8, 4) is 11.4 Å². The van der Waals surface area contributed by atoms with E-state index in [0.29, 0.717) is 74.2 Å². The van der Waals surface area contributed by atoms with Gasteiger partial charge in [-0.3, -0.25) is 4.79 Å². The van der Waals surface area contributed by atoms with Crippen molar-refractivity contribution in [2.24, 2.45) is 0 Å². The molecule has 3 aromatic rings. The zero-order valence-corrected chi connectivity index (χ0v) is 25.8. The first-order chi connectivity index (χ1) is 21.9. The van der Waals surface area contributed by atoms with Crippen LogP contribution in [0.2, 0.25) is 0 Å². The van der Waals surface area contributed by atoms with Crippen LogP contribution in [0, 0.1) is 0 Å². The predicted molar refractivity (Wildman–Crippen MR) is 172 cm³/mol. The lowest BCUT2D eigenvalue weighted by Gasteiger charge is -2.37. The minimum atomic E-state index is -0.383. The highest BCUT2D eigenvalue weighted by atomic mass is 16.5. The maximum absolute atomic E-state index is 12.9. The fourth-order valence-electron chi connectivity index (χ4n) is 5.47. The second-order valence-corrected chi connectivity index (χ2v) is 11.3. The van der Waals surface area contributed by atoms with Crippen molar-refractivity contribution in [3.63, 3.8) is 0 Å². The molecule has 0 spiro atoms. The molecule has 0 bridgehead atoms. The zero-order valence-electron chi connectivity index (χ0n) is 25.8. The molecule has 3 aliphatic heterocycles. The molecule has 3 fully saturated rings. The molecule has 238 valence electrons. The van der Waals surface area contributed by atoms with E-state index in [1.165, 1.54) is 0 Å². The average Bonchev–Trinajstić information content (AvgIpc) is 3.09. The van der Waals surface area contributed by atoms with Crippen LogP contribution in [0.25, 0.3) is 11.4 Å². The molecule has 2 aromatic carbocycles. The highest BCUT2D eigenvalue weighted by Gasteiger charge is 2.24. The van der Waals surface area contributed by atoms with Crippen molar-refractivity contribution in [2.45, 2.75) is 0 Å². The molecule has 0 radical (unpaired) electrons. The first-order valence-electron chi connectivity index (χ1n) is 15.3. The van der Waals surface area contributed by atoms with Gasteiger partial charge in [0.05, 0.1) is 26.4 Å². The molecule has 0 saturated carbocycles. The summed E-state index contributed by atoms with van der Waals surface area (Å²) in [6, 6.07) is 14.0. The van der Waals surface area contributed by atoms with Gasteiger partial charge in [0.15, 0.2) is 5.82 Å². The highest BCUT2D eigenvalue weighted by Crippen LogP contribution is 2.24. The Bertz CT molecular complexity index is 1410. The lowest BCUT2D eigenvalue weighted by molar-refractivity contribution is -0.0147. The number of hydrogen-bond donors (Lipinski definition) is 2. The lowest BCUT2D eigenvalue weighted by atomic mass is 10.1. The molecule has 0 atom stereocenters. The van der Waals surface area contributed by atoms with E-state index >= 15 is 0 Å². The molecule has 4 heterocycles.